The predicted molar refractivity (Wildman–Crippen MR) is 123 cm³/mol. The van der Waals surface area contributed by atoms with Crippen LogP contribution in [0.25, 0.3) is 11.0 Å². The van der Waals surface area contributed by atoms with E-state index in [1.165, 1.54) is 18.2 Å². The van der Waals surface area contributed by atoms with Crippen LogP contribution >= 0.6 is 0 Å². The Balaban J connectivity index is 1.34. The van der Waals surface area contributed by atoms with Crippen molar-refractivity contribution in [2.45, 2.75) is 6.04 Å². The van der Waals surface area contributed by atoms with Gasteiger partial charge in [0.05, 0.1) is 17.6 Å². The average Bonchev–Trinajstić information content (AvgIpc) is 3.27. The summed E-state index contributed by atoms with van der Waals surface area (Å²) in [4.78, 5) is 58.2. The molecule has 4 N–H and O–H groups in total. The molecule has 1 aliphatic carbocycles. The first kappa shape index (κ1) is 21.2. The van der Waals surface area contributed by atoms with Crippen LogP contribution in [-0.4, -0.2) is 51.1 Å². The van der Waals surface area contributed by atoms with Crippen LogP contribution in [0.3, 0.4) is 0 Å². The van der Waals surface area contributed by atoms with Crippen LogP contribution in [0.15, 0.2) is 66.7 Å². The van der Waals surface area contributed by atoms with E-state index in [1.807, 2.05) is 6.07 Å². The third kappa shape index (κ3) is 3.63. The Morgan fingerprint density at radius 3 is 2.24 bits per heavy atom. The number of aliphatic hydroxyl groups is 1. The lowest BCUT2D eigenvalue weighted by Gasteiger charge is -2.19. The van der Waals surface area contributed by atoms with Gasteiger partial charge in [0.2, 0.25) is 5.95 Å². The van der Waals surface area contributed by atoms with E-state index in [4.69, 9.17) is 0 Å². The van der Waals surface area contributed by atoms with Gasteiger partial charge in [0, 0.05) is 27.8 Å². The summed E-state index contributed by atoms with van der Waals surface area (Å²) in [5, 5.41) is 14.7. The van der Waals surface area contributed by atoms with E-state index >= 15 is 0 Å². The number of carbonyl (C=O) groups excluding carboxylic acids is 4. The van der Waals surface area contributed by atoms with Gasteiger partial charge in [-0.2, -0.15) is 0 Å². The number of ketones is 2. The first-order chi connectivity index (χ1) is 16.5. The average molecular weight is 454 g/mol. The number of carbonyl (C=O) groups is 4. The highest BCUT2D eigenvalue weighted by Gasteiger charge is 2.30. The lowest BCUT2D eigenvalue weighted by molar-refractivity contribution is -0.118. The maximum absolute atomic E-state index is 12.9. The Hall–Kier alpha value is -4.63. The van der Waals surface area contributed by atoms with Gasteiger partial charge in [-0.25, -0.2) is 4.98 Å². The fraction of sp³-hybridized carbons (Fsp3) is 0.0800. The van der Waals surface area contributed by atoms with Crippen LogP contribution < -0.4 is 10.6 Å². The molecule has 5 rings (SSSR count). The molecule has 1 atom stereocenters. The fourth-order valence-electron chi connectivity index (χ4n) is 3.89. The standard InChI is InChI=1S/C25H18N4O5/c30-12-20(24(34)29-25-27-18-7-3-4-8-19(18)28-25)26-23(33)13-9-10-16-17(11-13)22(32)15-6-2-1-5-14(15)21(16)31/h1-11,20,30H,12H2,(H,26,33)(H2,27,28,29,34)/t20-/m0/s1. The summed E-state index contributed by atoms with van der Waals surface area (Å²) in [5.41, 5.74) is 2.37. The van der Waals surface area contributed by atoms with Crippen molar-refractivity contribution in [2.24, 2.45) is 0 Å². The van der Waals surface area contributed by atoms with E-state index in [9.17, 15) is 24.3 Å². The number of hydrogen-bond donors (Lipinski definition) is 4. The SMILES string of the molecule is O=C(N[C@@H](CO)C(=O)Nc1nc2ccccc2[nH]1)c1ccc2c(c1)C(=O)c1ccccc1C2=O. The second-order valence-electron chi connectivity index (χ2n) is 7.76. The highest BCUT2D eigenvalue weighted by atomic mass is 16.3. The van der Waals surface area contributed by atoms with Crippen LogP contribution in [0, 0.1) is 0 Å². The van der Waals surface area contributed by atoms with Crippen LogP contribution in [0.1, 0.15) is 42.2 Å². The molecule has 1 heterocycles. The van der Waals surface area contributed by atoms with Crippen molar-refractivity contribution in [3.05, 3.63) is 94.5 Å². The van der Waals surface area contributed by atoms with Gasteiger partial charge in [0.25, 0.3) is 11.8 Å². The number of amides is 2. The first-order valence-electron chi connectivity index (χ1n) is 10.5. The molecule has 0 radical (unpaired) electrons. The summed E-state index contributed by atoms with van der Waals surface area (Å²) in [6.07, 6.45) is 0. The zero-order valence-electron chi connectivity index (χ0n) is 17.7. The van der Waals surface area contributed by atoms with Gasteiger partial charge in [-0.1, -0.05) is 36.4 Å². The molecule has 34 heavy (non-hydrogen) atoms. The molecule has 168 valence electrons. The van der Waals surface area contributed by atoms with Gasteiger partial charge < -0.3 is 15.4 Å². The topological polar surface area (TPSA) is 141 Å². The summed E-state index contributed by atoms with van der Waals surface area (Å²) < 4.78 is 0. The minimum atomic E-state index is -1.27. The van der Waals surface area contributed by atoms with Crippen molar-refractivity contribution in [2.75, 3.05) is 11.9 Å². The molecule has 1 aromatic heterocycles. The molecular formula is C25H18N4O5. The number of anilines is 1. The Morgan fingerprint density at radius 1 is 0.882 bits per heavy atom. The van der Waals surface area contributed by atoms with E-state index in [2.05, 4.69) is 20.6 Å². The van der Waals surface area contributed by atoms with Crippen molar-refractivity contribution >= 4 is 40.4 Å². The highest BCUT2D eigenvalue weighted by molar-refractivity contribution is 6.28. The maximum Gasteiger partial charge on any atom is 0.252 e. The third-order valence-corrected chi connectivity index (χ3v) is 5.62. The number of nitrogens with one attached hydrogen (secondary N) is 3. The Labute approximate surface area is 192 Å². The molecule has 2 amide bonds. The number of H-pyrrole nitrogens is 1. The van der Waals surface area contributed by atoms with Crippen molar-refractivity contribution in [1.82, 2.24) is 15.3 Å². The number of nitrogens with zero attached hydrogens (tertiary/aromatic N) is 1. The first-order valence-corrected chi connectivity index (χ1v) is 10.5. The smallest absolute Gasteiger partial charge is 0.252 e. The van der Waals surface area contributed by atoms with E-state index < -0.39 is 24.5 Å². The molecular weight excluding hydrogens is 436 g/mol. The van der Waals surface area contributed by atoms with Gasteiger partial charge in [-0.05, 0) is 30.3 Å². The molecule has 4 aromatic rings. The molecule has 0 spiro atoms. The zero-order chi connectivity index (χ0) is 23.8. The summed E-state index contributed by atoms with van der Waals surface area (Å²) >= 11 is 0. The molecule has 0 fully saturated rings. The molecule has 0 unspecified atom stereocenters. The number of aromatic nitrogens is 2. The summed E-state index contributed by atoms with van der Waals surface area (Å²) in [6.45, 7) is -0.659. The van der Waals surface area contributed by atoms with Crippen molar-refractivity contribution < 1.29 is 24.3 Å². The largest absolute Gasteiger partial charge is 0.394 e. The van der Waals surface area contributed by atoms with Gasteiger partial charge in [0.1, 0.15) is 6.04 Å². The van der Waals surface area contributed by atoms with E-state index in [-0.39, 0.29) is 39.8 Å². The van der Waals surface area contributed by atoms with Crippen LogP contribution in [0.2, 0.25) is 0 Å². The second-order valence-corrected chi connectivity index (χ2v) is 7.76. The Morgan fingerprint density at radius 2 is 1.53 bits per heavy atom. The zero-order valence-corrected chi connectivity index (χ0v) is 17.7. The van der Waals surface area contributed by atoms with Gasteiger partial charge in [-0.3, -0.25) is 24.5 Å². The molecule has 0 saturated heterocycles. The Bertz CT molecular complexity index is 1460. The van der Waals surface area contributed by atoms with Crippen molar-refractivity contribution in [3.63, 3.8) is 0 Å². The summed E-state index contributed by atoms with van der Waals surface area (Å²) in [7, 11) is 0. The normalized spacial score (nSPS) is 13.2. The molecule has 9 heteroatoms. The maximum atomic E-state index is 12.9. The molecule has 1 aliphatic rings. The number of imidazole rings is 1. The van der Waals surface area contributed by atoms with Crippen molar-refractivity contribution in [3.8, 4) is 0 Å². The van der Waals surface area contributed by atoms with E-state index in [0.717, 1.165) is 5.52 Å². The molecule has 0 saturated carbocycles. The number of aliphatic hydroxyl groups excluding tert-OH is 1. The lowest BCUT2D eigenvalue weighted by atomic mass is 9.83. The second kappa shape index (κ2) is 8.38. The molecule has 3 aromatic carbocycles. The van der Waals surface area contributed by atoms with E-state index in [0.29, 0.717) is 11.1 Å². The van der Waals surface area contributed by atoms with Crippen LogP contribution in [0.5, 0.6) is 0 Å². The monoisotopic (exact) mass is 454 g/mol. The van der Waals surface area contributed by atoms with Gasteiger partial charge in [0.15, 0.2) is 11.6 Å². The fourth-order valence-corrected chi connectivity index (χ4v) is 3.89. The van der Waals surface area contributed by atoms with Gasteiger partial charge in [-0.15, -0.1) is 0 Å². The van der Waals surface area contributed by atoms with Gasteiger partial charge >= 0.3 is 0 Å². The Kier molecular flexibility index (Phi) is 5.23. The van der Waals surface area contributed by atoms with E-state index in [1.54, 1.807) is 42.5 Å². The number of benzene rings is 3. The minimum Gasteiger partial charge on any atom is -0.394 e. The number of rotatable bonds is 5. The van der Waals surface area contributed by atoms with Crippen molar-refractivity contribution in [1.29, 1.82) is 0 Å². The van der Waals surface area contributed by atoms with Crippen LogP contribution in [0.4, 0.5) is 5.95 Å². The third-order valence-electron chi connectivity index (χ3n) is 5.62. The number of aromatic amines is 1. The lowest BCUT2D eigenvalue weighted by Crippen LogP contribution is -2.46. The number of fused-ring (bicyclic) bond motifs is 3. The molecule has 0 bridgehead atoms. The quantitative estimate of drug-likeness (QED) is 0.320. The highest BCUT2D eigenvalue weighted by Crippen LogP contribution is 2.28. The minimum absolute atomic E-state index is 0.0780. The summed E-state index contributed by atoms with van der Waals surface area (Å²) in [5.74, 6) is -1.83. The van der Waals surface area contributed by atoms with Crippen LogP contribution in [-0.2, 0) is 4.79 Å². The predicted octanol–water partition coefficient (Wildman–Crippen LogP) is 2.07. The molecule has 9 nitrogen and oxygen atoms in total. The molecule has 0 aliphatic heterocycles. The number of hydrogen-bond acceptors (Lipinski definition) is 6. The summed E-state index contributed by atoms with van der Waals surface area (Å²) in [6, 6.07) is 16.6. The number of para-hydroxylation sites is 2.